The SMILES string of the molecule is C[C@](C#N)(NC(=O)COC(=O)CCC(=O)c1ccc(Cl)cc1)C1CC1. The van der Waals surface area contributed by atoms with Gasteiger partial charge in [0.25, 0.3) is 5.91 Å². The van der Waals surface area contributed by atoms with Crippen molar-refractivity contribution in [3.63, 3.8) is 0 Å². The first-order chi connectivity index (χ1) is 11.8. The Labute approximate surface area is 151 Å². The number of nitriles is 1. The lowest BCUT2D eigenvalue weighted by Crippen LogP contribution is -2.48. The molecule has 1 aliphatic carbocycles. The summed E-state index contributed by atoms with van der Waals surface area (Å²) in [5.74, 6) is -1.21. The fourth-order valence-electron chi connectivity index (χ4n) is 2.42. The van der Waals surface area contributed by atoms with Crippen LogP contribution in [0.2, 0.25) is 5.02 Å². The highest BCUT2D eigenvalue weighted by molar-refractivity contribution is 6.30. The number of rotatable bonds is 8. The second-order valence-electron chi connectivity index (χ2n) is 6.23. The largest absolute Gasteiger partial charge is 0.456 e. The second kappa shape index (κ2) is 8.13. The van der Waals surface area contributed by atoms with Crippen LogP contribution < -0.4 is 5.32 Å². The minimum atomic E-state index is -0.923. The van der Waals surface area contributed by atoms with Crippen LogP contribution in [0.25, 0.3) is 0 Å². The zero-order chi connectivity index (χ0) is 18.4. The first kappa shape index (κ1) is 18.9. The van der Waals surface area contributed by atoms with E-state index < -0.39 is 24.0 Å². The minimum Gasteiger partial charge on any atom is -0.456 e. The van der Waals surface area contributed by atoms with Crippen molar-refractivity contribution in [3.8, 4) is 6.07 Å². The Hall–Kier alpha value is -2.39. The zero-order valence-electron chi connectivity index (χ0n) is 13.9. The minimum absolute atomic E-state index is 0.0138. The van der Waals surface area contributed by atoms with Gasteiger partial charge >= 0.3 is 5.97 Å². The van der Waals surface area contributed by atoms with Crippen LogP contribution in [0.4, 0.5) is 0 Å². The molecule has 1 atom stereocenters. The van der Waals surface area contributed by atoms with Gasteiger partial charge in [-0.1, -0.05) is 11.6 Å². The quantitative estimate of drug-likeness (QED) is 0.566. The molecule has 25 heavy (non-hydrogen) atoms. The molecule has 1 aromatic rings. The van der Waals surface area contributed by atoms with Gasteiger partial charge in [0.1, 0.15) is 5.54 Å². The highest BCUT2D eigenvalue weighted by Gasteiger charge is 2.43. The van der Waals surface area contributed by atoms with E-state index in [4.69, 9.17) is 16.3 Å². The Morgan fingerprint density at radius 3 is 2.48 bits per heavy atom. The van der Waals surface area contributed by atoms with Gasteiger partial charge in [-0.2, -0.15) is 5.26 Å². The number of hydrogen-bond acceptors (Lipinski definition) is 5. The van der Waals surface area contributed by atoms with Crippen LogP contribution in [-0.4, -0.2) is 29.8 Å². The van der Waals surface area contributed by atoms with Crippen LogP contribution in [0.3, 0.4) is 0 Å². The molecule has 0 aromatic heterocycles. The molecule has 2 rings (SSSR count). The van der Waals surface area contributed by atoms with Crippen molar-refractivity contribution in [3.05, 3.63) is 34.9 Å². The summed E-state index contributed by atoms with van der Waals surface area (Å²) in [7, 11) is 0. The smallest absolute Gasteiger partial charge is 0.306 e. The number of nitrogens with zero attached hydrogens (tertiary/aromatic N) is 1. The summed E-state index contributed by atoms with van der Waals surface area (Å²) >= 11 is 5.75. The van der Waals surface area contributed by atoms with Gasteiger partial charge in [0, 0.05) is 17.0 Å². The maximum Gasteiger partial charge on any atom is 0.306 e. The number of ketones is 1. The van der Waals surface area contributed by atoms with Gasteiger partial charge in [0.2, 0.25) is 0 Å². The van der Waals surface area contributed by atoms with E-state index in [2.05, 4.69) is 11.4 Å². The maximum absolute atomic E-state index is 11.9. The van der Waals surface area contributed by atoms with E-state index in [-0.39, 0.29) is 24.5 Å². The molecule has 0 heterocycles. The van der Waals surface area contributed by atoms with Crippen molar-refractivity contribution in [1.82, 2.24) is 5.32 Å². The third-order valence-electron chi connectivity index (χ3n) is 4.11. The number of Topliss-reactive ketones (excluding diaryl/α,β-unsaturated/α-hetero) is 1. The first-order valence-electron chi connectivity index (χ1n) is 8.00. The predicted octanol–water partition coefficient (Wildman–Crippen LogP) is 2.65. The molecular formula is C18H19ClN2O4. The topological polar surface area (TPSA) is 96.3 Å². The van der Waals surface area contributed by atoms with Gasteiger partial charge in [-0.3, -0.25) is 14.4 Å². The summed E-state index contributed by atoms with van der Waals surface area (Å²) in [6.45, 7) is 1.20. The molecule has 1 saturated carbocycles. The van der Waals surface area contributed by atoms with Gasteiger partial charge in [-0.15, -0.1) is 0 Å². The van der Waals surface area contributed by atoms with E-state index in [0.29, 0.717) is 10.6 Å². The number of hydrogen-bond donors (Lipinski definition) is 1. The molecular weight excluding hydrogens is 344 g/mol. The van der Waals surface area contributed by atoms with Crippen molar-refractivity contribution in [2.24, 2.45) is 5.92 Å². The van der Waals surface area contributed by atoms with E-state index in [1.54, 1.807) is 31.2 Å². The van der Waals surface area contributed by atoms with Crippen molar-refractivity contribution in [2.75, 3.05) is 6.61 Å². The second-order valence-corrected chi connectivity index (χ2v) is 6.66. The molecule has 1 N–H and O–H groups in total. The van der Waals surface area contributed by atoms with Crippen molar-refractivity contribution >= 4 is 29.3 Å². The summed E-state index contributed by atoms with van der Waals surface area (Å²) in [6, 6.07) is 8.47. The predicted molar refractivity (Wildman–Crippen MR) is 90.9 cm³/mol. The van der Waals surface area contributed by atoms with Gasteiger partial charge in [0.15, 0.2) is 12.4 Å². The van der Waals surface area contributed by atoms with E-state index in [0.717, 1.165) is 12.8 Å². The molecule has 0 spiro atoms. The van der Waals surface area contributed by atoms with Crippen LogP contribution in [0.1, 0.15) is 43.0 Å². The molecule has 0 aliphatic heterocycles. The fourth-order valence-corrected chi connectivity index (χ4v) is 2.55. The third-order valence-corrected chi connectivity index (χ3v) is 4.36. The molecule has 6 nitrogen and oxygen atoms in total. The van der Waals surface area contributed by atoms with Crippen LogP contribution in [0.15, 0.2) is 24.3 Å². The summed E-state index contributed by atoms with van der Waals surface area (Å²) in [4.78, 5) is 35.4. The number of benzene rings is 1. The molecule has 132 valence electrons. The number of carbonyl (C=O) groups is 3. The molecule has 1 fully saturated rings. The number of esters is 1. The average Bonchev–Trinajstić information content (AvgIpc) is 3.44. The van der Waals surface area contributed by atoms with Crippen LogP contribution >= 0.6 is 11.6 Å². The Kier molecular flexibility index (Phi) is 6.16. The van der Waals surface area contributed by atoms with E-state index >= 15 is 0 Å². The van der Waals surface area contributed by atoms with Crippen molar-refractivity contribution in [2.45, 2.75) is 38.1 Å². The zero-order valence-corrected chi connectivity index (χ0v) is 14.6. The van der Waals surface area contributed by atoms with Crippen molar-refractivity contribution in [1.29, 1.82) is 5.26 Å². The Balaban J connectivity index is 1.71. The van der Waals surface area contributed by atoms with E-state index in [1.807, 2.05) is 0 Å². The Morgan fingerprint density at radius 2 is 1.92 bits per heavy atom. The monoisotopic (exact) mass is 362 g/mol. The molecule has 0 saturated heterocycles. The maximum atomic E-state index is 11.9. The molecule has 0 radical (unpaired) electrons. The molecule has 0 bridgehead atoms. The Bertz CT molecular complexity index is 707. The normalized spacial score (nSPS) is 15.6. The number of amides is 1. The molecule has 0 unspecified atom stereocenters. The molecule has 1 amide bonds. The van der Waals surface area contributed by atoms with Crippen molar-refractivity contribution < 1.29 is 19.1 Å². The van der Waals surface area contributed by atoms with Crippen LogP contribution in [0.5, 0.6) is 0 Å². The molecule has 1 aromatic carbocycles. The average molecular weight is 363 g/mol. The summed E-state index contributed by atoms with van der Waals surface area (Å²) < 4.78 is 4.87. The third kappa shape index (κ3) is 5.57. The van der Waals surface area contributed by atoms with Gasteiger partial charge in [0.05, 0.1) is 12.5 Å². The lowest BCUT2D eigenvalue weighted by atomic mass is 9.98. The summed E-state index contributed by atoms with van der Waals surface area (Å²) in [5, 5.41) is 12.3. The van der Waals surface area contributed by atoms with E-state index in [9.17, 15) is 19.6 Å². The fraction of sp³-hybridized carbons (Fsp3) is 0.444. The van der Waals surface area contributed by atoms with Gasteiger partial charge in [-0.05, 0) is 49.9 Å². The Morgan fingerprint density at radius 1 is 1.28 bits per heavy atom. The van der Waals surface area contributed by atoms with Crippen LogP contribution in [0, 0.1) is 17.2 Å². The number of carbonyl (C=O) groups excluding carboxylic acids is 3. The number of halogens is 1. The lowest BCUT2D eigenvalue weighted by molar-refractivity contribution is -0.148. The molecule has 1 aliphatic rings. The summed E-state index contributed by atoms with van der Waals surface area (Å²) in [5.41, 5.74) is -0.460. The highest BCUT2D eigenvalue weighted by atomic mass is 35.5. The van der Waals surface area contributed by atoms with Gasteiger partial charge in [-0.25, -0.2) is 0 Å². The van der Waals surface area contributed by atoms with Gasteiger partial charge < -0.3 is 10.1 Å². The van der Waals surface area contributed by atoms with Crippen LogP contribution in [-0.2, 0) is 14.3 Å². The highest BCUT2D eigenvalue weighted by Crippen LogP contribution is 2.39. The van der Waals surface area contributed by atoms with E-state index in [1.165, 1.54) is 0 Å². The first-order valence-corrected chi connectivity index (χ1v) is 8.38. The molecule has 7 heteroatoms. The number of ether oxygens (including phenoxy) is 1. The lowest BCUT2D eigenvalue weighted by Gasteiger charge is -2.22. The summed E-state index contributed by atoms with van der Waals surface area (Å²) in [6.07, 6.45) is 1.67. The standard InChI is InChI=1S/C18H19ClN2O4/c1-18(11-20,13-4-5-13)21-16(23)10-25-17(24)9-8-15(22)12-2-6-14(19)7-3-12/h2-3,6-7,13H,4-5,8-10H2,1H3,(H,21,23)/t18-/m1/s1. The number of nitrogens with one attached hydrogen (secondary N) is 1.